The topological polar surface area (TPSA) is 82.4 Å². The molecule has 0 aliphatic carbocycles. The summed E-state index contributed by atoms with van der Waals surface area (Å²) in [5.41, 5.74) is 1.62. The fourth-order valence-corrected chi connectivity index (χ4v) is 3.71. The molecule has 8 heteroatoms. The lowest BCUT2D eigenvalue weighted by molar-refractivity contribution is -0.0861. The van der Waals surface area contributed by atoms with Gasteiger partial charge in [0.1, 0.15) is 18.2 Å². The van der Waals surface area contributed by atoms with Gasteiger partial charge in [-0.25, -0.2) is 15.0 Å². The van der Waals surface area contributed by atoms with E-state index in [1.54, 1.807) is 31.0 Å². The average molecular weight is 407 g/mol. The first kappa shape index (κ1) is 20.0. The van der Waals surface area contributed by atoms with Gasteiger partial charge in [-0.15, -0.1) is 0 Å². The molecule has 0 amide bonds. The quantitative estimate of drug-likeness (QED) is 0.657. The molecule has 1 aromatic carbocycles. The molecule has 1 fully saturated rings. The average Bonchev–Trinajstić information content (AvgIpc) is 2.75. The van der Waals surface area contributed by atoms with E-state index in [4.69, 9.17) is 14.5 Å². The Morgan fingerprint density at radius 3 is 2.60 bits per heavy atom. The standard InChI is InChI=1S/C22H25N5O3/c1-22(2)13-27(12-19(30-22)15-5-7-16(29-4)8-6-15)21-25-18(11-20(28)26(21)3)17-9-10-23-14-24-17/h5-11,14,19H,12-13H2,1-4H3. The van der Waals surface area contributed by atoms with Gasteiger partial charge in [-0.2, -0.15) is 0 Å². The first-order valence-electron chi connectivity index (χ1n) is 9.77. The molecule has 1 saturated heterocycles. The summed E-state index contributed by atoms with van der Waals surface area (Å²) in [6.07, 6.45) is 2.92. The molecule has 8 nitrogen and oxygen atoms in total. The normalized spacial score (nSPS) is 18.3. The second kappa shape index (κ2) is 7.87. The first-order valence-corrected chi connectivity index (χ1v) is 9.77. The van der Waals surface area contributed by atoms with Gasteiger partial charge in [-0.05, 0) is 37.6 Å². The zero-order valence-electron chi connectivity index (χ0n) is 17.6. The van der Waals surface area contributed by atoms with Crippen molar-refractivity contribution in [3.63, 3.8) is 0 Å². The van der Waals surface area contributed by atoms with Crippen LogP contribution in [-0.4, -0.2) is 45.3 Å². The molecule has 1 aliphatic heterocycles. The van der Waals surface area contributed by atoms with Crippen molar-refractivity contribution >= 4 is 5.95 Å². The van der Waals surface area contributed by atoms with E-state index in [2.05, 4.69) is 14.9 Å². The number of rotatable bonds is 4. The number of ether oxygens (including phenoxy) is 2. The molecule has 156 valence electrons. The number of anilines is 1. The molecule has 0 bridgehead atoms. The van der Waals surface area contributed by atoms with E-state index in [0.29, 0.717) is 30.4 Å². The Hall–Kier alpha value is -3.26. The van der Waals surface area contributed by atoms with Gasteiger partial charge in [0.05, 0.1) is 30.6 Å². The Kier molecular flexibility index (Phi) is 5.26. The molecule has 3 aromatic rings. The van der Waals surface area contributed by atoms with Crippen molar-refractivity contribution in [3.8, 4) is 17.1 Å². The molecule has 1 atom stereocenters. The lowest BCUT2D eigenvalue weighted by Gasteiger charge is -2.43. The van der Waals surface area contributed by atoms with Crippen molar-refractivity contribution < 1.29 is 9.47 Å². The highest BCUT2D eigenvalue weighted by Crippen LogP contribution is 2.33. The minimum absolute atomic E-state index is 0.140. The van der Waals surface area contributed by atoms with Crippen LogP contribution in [0.25, 0.3) is 11.4 Å². The third kappa shape index (κ3) is 4.04. The van der Waals surface area contributed by atoms with Crippen LogP contribution in [0.3, 0.4) is 0 Å². The van der Waals surface area contributed by atoms with Crippen LogP contribution in [0.4, 0.5) is 5.95 Å². The van der Waals surface area contributed by atoms with E-state index in [-0.39, 0.29) is 11.7 Å². The summed E-state index contributed by atoms with van der Waals surface area (Å²) >= 11 is 0. The number of hydrogen-bond acceptors (Lipinski definition) is 7. The monoisotopic (exact) mass is 407 g/mol. The third-order valence-electron chi connectivity index (χ3n) is 5.15. The highest BCUT2D eigenvalue weighted by molar-refractivity contribution is 5.55. The van der Waals surface area contributed by atoms with Crippen LogP contribution >= 0.6 is 0 Å². The molecule has 0 spiro atoms. The van der Waals surface area contributed by atoms with E-state index in [9.17, 15) is 4.79 Å². The fraction of sp³-hybridized carbons (Fsp3) is 0.364. The van der Waals surface area contributed by atoms with E-state index >= 15 is 0 Å². The highest BCUT2D eigenvalue weighted by atomic mass is 16.5. The minimum Gasteiger partial charge on any atom is -0.497 e. The largest absolute Gasteiger partial charge is 0.497 e. The second-order valence-electron chi connectivity index (χ2n) is 7.95. The number of aromatic nitrogens is 4. The summed E-state index contributed by atoms with van der Waals surface area (Å²) in [4.78, 5) is 27.7. The Balaban J connectivity index is 1.71. The summed E-state index contributed by atoms with van der Waals surface area (Å²) in [6.45, 7) is 5.26. The van der Waals surface area contributed by atoms with Gasteiger partial charge in [0, 0.05) is 25.9 Å². The predicted molar refractivity (Wildman–Crippen MR) is 114 cm³/mol. The van der Waals surface area contributed by atoms with Gasteiger partial charge >= 0.3 is 0 Å². The lowest BCUT2D eigenvalue weighted by Crippen LogP contribution is -2.51. The predicted octanol–water partition coefficient (Wildman–Crippen LogP) is 2.60. The van der Waals surface area contributed by atoms with Crippen molar-refractivity contribution in [3.05, 3.63) is 64.8 Å². The van der Waals surface area contributed by atoms with Crippen LogP contribution in [0.2, 0.25) is 0 Å². The molecule has 1 aliphatic rings. The van der Waals surface area contributed by atoms with Gasteiger partial charge in [0.25, 0.3) is 5.56 Å². The van der Waals surface area contributed by atoms with E-state index in [1.807, 2.05) is 38.1 Å². The lowest BCUT2D eigenvalue weighted by atomic mass is 10.0. The molecule has 0 radical (unpaired) electrons. The van der Waals surface area contributed by atoms with E-state index in [0.717, 1.165) is 11.3 Å². The zero-order chi connectivity index (χ0) is 21.3. The molecular weight excluding hydrogens is 382 g/mol. The Labute approximate surface area is 175 Å². The SMILES string of the molecule is COc1ccc(C2CN(c3nc(-c4ccncn4)cc(=O)n3C)CC(C)(C)O2)cc1. The zero-order valence-corrected chi connectivity index (χ0v) is 17.6. The number of morpholine rings is 1. The van der Waals surface area contributed by atoms with Crippen molar-refractivity contribution in [2.24, 2.45) is 7.05 Å². The van der Waals surface area contributed by atoms with E-state index < -0.39 is 5.60 Å². The molecular formula is C22H25N5O3. The maximum Gasteiger partial charge on any atom is 0.255 e. The van der Waals surface area contributed by atoms with Crippen LogP contribution in [0.15, 0.2) is 53.7 Å². The van der Waals surface area contributed by atoms with Crippen LogP contribution in [-0.2, 0) is 11.8 Å². The van der Waals surface area contributed by atoms with Crippen LogP contribution in [0, 0.1) is 0 Å². The first-order chi connectivity index (χ1) is 14.4. The minimum atomic E-state index is -0.425. The molecule has 30 heavy (non-hydrogen) atoms. The number of benzene rings is 1. The Morgan fingerprint density at radius 2 is 1.93 bits per heavy atom. The van der Waals surface area contributed by atoms with E-state index in [1.165, 1.54) is 12.4 Å². The summed E-state index contributed by atoms with van der Waals surface area (Å²) < 4.78 is 13.2. The summed E-state index contributed by atoms with van der Waals surface area (Å²) in [5.74, 6) is 1.39. The Bertz CT molecular complexity index is 1080. The van der Waals surface area contributed by atoms with Gasteiger partial charge in [-0.3, -0.25) is 9.36 Å². The molecule has 1 unspecified atom stereocenters. The van der Waals surface area contributed by atoms with Crippen molar-refractivity contribution in [2.75, 3.05) is 25.1 Å². The summed E-state index contributed by atoms with van der Waals surface area (Å²) in [5, 5.41) is 0. The number of hydrogen-bond donors (Lipinski definition) is 0. The van der Waals surface area contributed by atoms with Crippen LogP contribution in [0.1, 0.15) is 25.5 Å². The fourth-order valence-electron chi connectivity index (χ4n) is 3.71. The summed E-state index contributed by atoms with van der Waals surface area (Å²) in [6, 6.07) is 11.1. The smallest absolute Gasteiger partial charge is 0.255 e. The van der Waals surface area contributed by atoms with Crippen molar-refractivity contribution in [1.82, 2.24) is 19.5 Å². The molecule has 3 heterocycles. The Morgan fingerprint density at radius 1 is 1.17 bits per heavy atom. The van der Waals surface area contributed by atoms with Crippen molar-refractivity contribution in [2.45, 2.75) is 25.6 Å². The van der Waals surface area contributed by atoms with Crippen LogP contribution in [0.5, 0.6) is 5.75 Å². The van der Waals surface area contributed by atoms with Gasteiger partial charge in [0.2, 0.25) is 5.95 Å². The van der Waals surface area contributed by atoms with Gasteiger partial charge < -0.3 is 14.4 Å². The number of nitrogens with zero attached hydrogens (tertiary/aromatic N) is 5. The second-order valence-corrected chi connectivity index (χ2v) is 7.95. The maximum atomic E-state index is 12.7. The van der Waals surface area contributed by atoms with Crippen LogP contribution < -0.4 is 15.2 Å². The molecule has 4 rings (SSSR count). The molecule has 0 N–H and O–H groups in total. The highest BCUT2D eigenvalue weighted by Gasteiger charge is 2.36. The van der Waals surface area contributed by atoms with Gasteiger partial charge in [0.15, 0.2) is 0 Å². The van der Waals surface area contributed by atoms with Crippen molar-refractivity contribution in [1.29, 1.82) is 0 Å². The molecule has 0 saturated carbocycles. The maximum absolute atomic E-state index is 12.7. The third-order valence-corrected chi connectivity index (χ3v) is 5.15. The summed E-state index contributed by atoms with van der Waals surface area (Å²) in [7, 11) is 3.38. The number of methoxy groups -OCH3 is 1. The van der Waals surface area contributed by atoms with Gasteiger partial charge in [-0.1, -0.05) is 12.1 Å². The molecule has 2 aromatic heterocycles.